The molecule has 3 nitrogen and oxygen atoms in total. The summed E-state index contributed by atoms with van der Waals surface area (Å²) < 4.78 is 5.12. The second-order valence-corrected chi connectivity index (χ2v) is 2.76. The summed E-state index contributed by atoms with van der Waals surface area (Å²) in [5.74, 6) is 0.355. The minimum atomic E-state index is 0.158. The molecule has 0 unspecified atom stereocenters. The zero-order valence-electron chi connectivity index (χ0n) is 6.51. The first-order valence-corrected chi connectivity index (χ1v) is 3.94. The van der Waals surface area contributed by atoms with E-state index in [1.54, 1.807) is 0 Å². The summed E-state index contributed by atoms with van der Waals surface area (Å²) in [6.45, 7) is 1.41. The summed E-state index contributed by atoms with van der Waals surface area (Å²) in [7, 11) is 0. The van der Waals surface area contributed by atoms with Gasteiger partial charge in [0.25, 0.3) is 0 Å². The van der Waals surface area contributed by atoms with Crippen LogP contribution >= 0.6 is 0 Å². The van der Waals surface area contributed by atoms with Crippen molar-refractivity contribution in [1.29, 1.82) is 5.41 Å². The van der Waals surface area contributed by atoms with Gasteiger partial charge < -0.3 is 10.1 Å². The maximum Gasteiger partial charge on any atom is 0.141 e. The molecule has 1 saturated heterocycles. The fourth-order valence-corrected chi connectivity index (χ4v) is 1.29. The molecule has 1 fully saturated rings. The molecule has 0 aromatic heterocycles. The third kappa shape index (κ3) is 2.42. The minimum absolute atomic E-state index is 0.158. The maximum atomic E-state index is 11.2. The van der Waals surface area contributed by atoms with E-state index >= 15 is 0 Å². The van der Waals surface area contributed by atoms with Gasteiger partial charge in [0, 0.05) is 31.8 Å². The predicted molar refractivity (Wildman–Crippen MR) is 42.0 cm³/mol. The van der Waals surface area contributed by atoms with Crippen molar-refractivity contribution >= 4 is 12.0 Å². The van der Waals surface area contributed by atoms with Gasteiger partial charge in [-0.3, -0.25) is 4.79 Å². The summed E-state index contributed by atoms with van der Waals surface area (Å²) >= 11 is 0. The Morgan fingerprint density at radius 2 is 2.18 bits per heavy atom. The third-order valence-electron chi connectivity index (χ3n) is 1.98. The zero-order chi connectivity index (χ0) is 8.10. The van der Waals surface area contributed by atoms with Gasteiger partial charge >= 0.3 is 0 Å². The number of ketones is 1. The molecule has 0 aromatic carbocycles. The lowest BCUT2D eigenvalue weighted by Gasteiger charge is -2.19. The molecule has 1 heterocycles. The lowest BCUT2D eigenvalue weighted by atomic mass is 9.94. The van der Waals surface area contributed by atoms with Crippen molar-refractivity contribution in [3.8, 4) is 0 Å². The Balaban J connectivity index is 2.32. The van der Waals surface area contributed by atoms with Gasteiger partial charge in [0.15, 0.2) is 0 Å². The lowest BCUT2D eigenvalue weighted by Crippen LogP contribution is -2.23. The smallest absolute Gasteiger partial charge is 0.141 e. The first-order chi connectivity index (χ1) is 5.34. The van der Waals surface area contributed by atoms with Gasteiger partial charge in [0.2, 0.25) is 0 Å². The van der Waals surface area contributed by atoms with E-state index in [0.717, 1.165) is 12.8 Å². The highest BCUT2D eigenvalue weighted by molar-refractivity contribution is 5.92. The lowest BCUT2D eigenvalue weighted by molar-refractivity contribution is -0.124. The van der Waals surface area contributed by atoms with Gasteiger partial charge in [-0.15, -0.1) is 0 Å². The Morgan fingerprint density at radius 3 is 2.73 bits per heavy atom. The van der Waals surface area contributed by atoms with Crippen molar-refractivity contribution in [3.05, 3.63) is 0 Å². The molecular weight excluding hydrogens is 142 g/mol. The van der Waals surface area contributed by atoms with Crippen LogP contribution in [-0.4, -0.2) is 25.2 Å². The van der Waals surface area contributed by atoms with Crippen LogP contribution in [0.4, 0.5) is 0 Å². The van der Waals surface area contributed by atoms with Crippen LogP contribution in [0.15, 0.2) is 0 Å². The van der Waals surface area contributed by atoms with Crippen LogP contribution in [0.2, 0.25) is 0 Å². The molecule has 0 bridgehead atoms. The van der Waals surface area contributed by atoms with E-state index in [1.807, 2.05) is 0 Å². The highest BCUT2D eigenvalue weighted by atomic mass is 16.5. The summed E-state index contributed by atoms with van der Waals surface area (Å²) in [5, 5.41) is 6.77. The molecule has 3 heteroatoms. The van der Waals surface area contributed by atoms with E-state index in [9.17, 15) is 4.79 Å². The first kappa shape index (κ1) is 8.40. The van der Waals surface area contributed by atoms with Gasteiger partial charge in [-0.1, -0.05) is 0 Å². The van der Waals surface area contributed by atoms with Crippen molar-refractivity contribution in [1.82, 2.24) is 0 Å². The topological polar surface area (TPSA) is 50.2 Å². The van der Waals surface area contributed by atoms with Crippen molar-refractivity contribution in [3.63, 3.8) is 0 Å². The minimum Gasteiger partial charge on any atom is -0.381 e. The Labute approximate surface area is 66.2 Å². The van der Waals surface area contributed by atoms with Gasteiger partial charge in [0.05, 0.1) is 0 Å². The number of carbonyl (C=O) groups excluding carboxylic acids is 1. The van der Waals surface area contributed by atoms with Crippen molar-refractivity contribution < 1.29 is 9.53 Å². The molecule has 1 rings (SSSR count). The number of nitrogens with one attached hydrogen (secondary N) is 1. The highest BCUT2D eigenvalue weighted by Gasteiger charge is 2.19. The summed E-state index contributed by atoms with van der Waals surface area (Å²) in [5.41, 5.74) is 0. The van der Waals surface area contributed by atoms with Crippen molar-refractivity contribution in [2.45, 2.75) is 19.3 Å². The number of hydrogen-bond donors (Lipinski definition) is 1. The predicted octanol–water partition coefficient (Wildman–Crippen LogP) is 1.02. The van der Waals surface area contributed by atoms with Crippen LogP contribution in [0.25, 0.3) is 0 Å². The second-order valence-electron chi connectivity index (χ2n) is 2.76. The number of ether oxygens (including phenoxy) is 1. The third-order valence-corrected chi connectivity index (χ3v) is 1.98. The van der Waals surface area contributed by atoms with Gasteiger partial charge in [-0.25, -0.2) is 0 Å². The molecule has 11 heavy (non-hydrogen) atoms. The SMILES string of the molecule is N=CCC(=O)C1CCOCC1. The monoisotopic (exact) mass is 155 g/mol. The standard InChI is InChI=1S/C8H13NO2/c9-4-1-8(10)7-2-5-11-6-3-7/h4,7,9H,1-3,5-6H2. The molecule has 0 atom stereocenters. The second kappa shape index (κ2) is 4.23. The number of rotatable bonds is 3. The molecule has 0 amide bonds. The Bertz CT molecular complexity index is 150. The molecule has 1 N–H and O–H groups in total. The van der Waals surface area contributed by atoms with E-state index in [2.05, 4.69) is 0 Å². The van der Waals surface area contributed by atoms with Crippen LogP contribution < -0.4 is 0 Å². The first-order valence-electron chi connectivity index (χ1n) is 3.94. The average Bonchev–Trinajstić information content (AvgIpc) is 2.07. The molecule has 62 valence electrons. The van der Waals surface area contributed by atoms with Crippen LogP contribution in [0.1, 0.15) is 19.3 Å². The zero-order valence-corrected chi connectivity index (χ0v) is 6.51. The molecule has 0 radical (unpaired) electrons. The Morgan fingerprint density at radius 1 is 1.55 bits per heavy atom. The molecule has 0 spiro atoms. The number of Topliss-reactive ketones (excluding diaryl/α,β-unsaturated/α-hetero) is 1. The Hall–Kier alpha value is -0.700. The molecule has 0 aromatic rings. The van der Waals surface area contributed by atoms with Gasteiger partial charge in [0.1, 0.15) is 5.78 Å². The summed E-state index contributed by atoms with van der Waals surface area (Å²) in [6, 6.07) is 0. The highest BCUT2D eigenvalue weighted by Crippen LogP contribution is 2.16. The van der Waals surface area contributed by atoms with Crippen molar-refractivity contribution in [2.75, 3.05) is 13.2 Å². The molecule has 0 saturated carbocycles. The summed E-state index contributed by atoms with van der Waals surface area (Å²) in [4.78, 5) is 11.2. The fourth-order valence-electron chi connectivity index (χ4n) is 1.29. The normalized spacial score (nSPS) is 19.6. The molecule has 1 aliphatic rings. The molecular formula is C8H13NO2. The van der Waals surface area contributed by atoms with E-state index in [1.165, 1.54) is 6.21 Å². The van der Waals surface area contributed by atoms with E-state index in [-0.39, 0.29) is 11.7 Å². The average molecular weight is 155 g/mol. The fraction of sp³-hybridized carbons (Fsp3) is 0.750. The van der Waals surface area contributed by atoms with Gasteiger partial charge in [-0.05, 0) is 12.8 Å². The van der Waals surface area contributed by atoms with Crippen LogP contribution in [0.3, 0.4) is 0 Å². The van der Waals surface area contributed by atoms with Gasteiger partial charge in [-0.2, -0.15) is 0 Å². The Kier molecular flexibility index (Phi) is 3.23. The van der Waals surface area contributed by atoms with Crippen molar-refractivity contribution in [2.24, 2.45) is 5.92 Å². The number of carbonyl (C=O) groups is 1. The van der Waals surface area contributed by atoms with E-state index < -0.39 is 0 Å². The largest absolute Gasteiger partial charge is 0.381 e. The van der Waals surface area contributed by atoms with E-state index in [4.69, 9.17) is 10.1 Å². The van der Waals surface area contributed by atoms with Crippen LogP contribution in [0.5, 0.6) is 0 Å². The van der Waals surface area contributed by atoms with Crippen LogP contribution in [0, 0.1) is 11.3 Å². The quantitative estimate of drug-likeness (QED) is 0.618. The molecule has 1 aliphatic heterocycles. The maximum absolute atomic E-state index is 11.2. The van der Waals surface area contributed by atoms with Crippen LogP contribution in [-0.2, 0) is 9.53 Å². The number of hydrogen-bond acceptors (Lipinski definition) is 3. The molecule has 0 aliphatic carbocycles. The summed E-state index contributed by atoms with van der Waals surface area (Å²) in [6.07, 6.45) is 3.15. The van der Waals surface area contributed by atoms with E-state index in [0.29, 0.717) is 19.6 Å².